The summed E-state index contributed by atoms with van der Waals surface area (Å²) in [5.74, 6) is 0.0978. The van der Waals surface area contributed by atoms with Crippen molar-refractivity contribution in [2.24, 2.45) is 0 Å². The van der Waals surface area contributed by atoms with Crippen LogP contribution < -0.4 is 0 Å². The van der Waals surface area contributed by atoms with Gasteiger partial charge in [-0.15, -0.1) is 0 Å². The summed E-state index contributed by atoms with van der Waals surface area (Å²) in [5, 5.41) is 9.63. The molecule has 0 atom stereocenters. The van der Waals surface area contributed by atoms with Crippen LogP contribution in [0.25, 0.3) is 0 Å². The summed E-state index contributed by atoms with van der Waals surface area (Å²) in [4.78, 5) is 10.8. The summed E-state index contributed by atoms with van der Waals surface area (Å²) in [6.07, 6.45) is 1.70. The lowest BCUT2D eigenvalue weighted by Crippen LogP contribution is -2.16. The van der Waals surface area contributed by atoms with Crippen molar-refractivity contribution >= 4 is 6.29 Å². The summed E-state index contributed by atoms with van der Waals surface area (Å²) in [6, 6.07) is 3.73. The van der Waals surface area contributed by atoms with E-state index in [0.29, 0.717) is 11.8 Å². The van der Waals surface area contributed by atoms with Gasteiger partial charge in [0.05, 0.1) is 5.56 Å². The van der Waals surface area contributed by atoms with Gasteiger partial charge in [-0.25, -0.2) is 0 Å². The Morgan fingerprint density at radius 3 is 2.47 bits per heavy atom. The summed E-state index contributed by atoms with van der Waals surface area (Å²) in [7, 11) is 0. The van der Waals surface area contributed by atoms with E-state index >= 15 is 0 Å². The molecule has 0 amide bonds. The minimum atomic E-state index is 0.0379. The highest BCUT2D eigenvalue weighted by Gasteiger charge is 2.20. The normalized spacial score (nSPS) is 11.5. The monoisotopic (exact) mass is 206 g/mol. The molecule has 1 N–H and O–H groups in total. The summed E-state index contributed by atoms with van der Waals surface area (Å²) in [5.41, 5.74) is 2.28. The minimum absolute atomic E-state index is 0.0379. The number of hydrogen-bond acceptors (Lipinski definition) is 2. The molecular weight excluding hydrogens is 188 g/mol. The quantitative estimate of drug-likeness (QED) is 0.771. The number of carbonyl (C=O) groups is 1. The number of hydrogen-bond donors (Lipinski definition) is 1. The summed E-state index contributed by atoms with van der Waals surface area (Å²) >= 11 is 0. The molecule has 0 unspecified atom stereocenters. The van der Waals surface area contributed by atoms with Crippen molar-refractivity contribution in [2.75, 3.05) is 0 Å². The summed E-state index contributed by atoms with van der Waals surface area (Å²) in [6.45, 7) is 8.20. The Kier molecular flexibility index (Phi) is 3.18. The molecule has 1 aromatic rings. The second-order valence-electron chi connectivity index (χ2n) is 4.59. The van der Waals surface area contributed by atoms with Crippen LogP contribution in [0.3, 0.4) is 0 Å². The fourth-order valence-corrected chi connectivity index (χ4v) is 1.49. The second-order valence-corrected chi connectivity index (χ2v) is 4.59. The van der Waals surface area contributed by atoms with Crippen molar-refractivity contribution in [1.82, 2.24) is 0 Å². The van der Waals surface area contributed by atoms with E-state index in [2.05, 4.69) is 20.8 Å². The molecule has 0 saturated carbocycles. The lowest BCUT2D eigenvalue weighted by molar-refractivity contribution is 0.112. The molecule has 0 saturated heterocycles. The maximum Gasteiger partial charge on any atom is 0.153 e. The van der Waals surface area contributed by atoms with E-state index in [1.807, 2.05) is 13.0 Å². The Morgan fingerprint density at radius 2 is 2.00 bits per heavy atom. The van der Waals surface area contributed by atoms with Crippen molar-refractivity contribution in [3.63, 3.8) is 0 Å². The van der Waals surface area contributed by atoms with Crippen LogP contribution in [0.15, 0.2) is 12.1 Å². The standard InChI is InChI=1S/C13H18O2/c1-5-13(3,4)11-6-9(2)12(15)10(7-11)8-14/h6-8,15H,5H2,1-4H3. The molecule has 0 aliphatic carbocycles. The first-order valence-electron chi connectivity index (χ1n) is 5.21. The Bertz CT molecular complexity index is 378. The molecule has 1 aromatic carbocycles. The average Bonchev–Trinajstić information content (AvgIpc) is 2.21. The number of benzene rings is 1. The lowest BCUT2D eigenvalue weighted by atomic mass is 9.81. The van der Waals surface area contributed by atoms with Crippen LogP contribution in [0.5, 0.6) is 5.75 Å². The second kappa shape index (κ2) is 4.05. The van der Waals surface area contributed by atoms with Crippen LogP contribution in [0.1, 0.15) is 48.7 Å². The number of aldehydes is 1. The van der Waals surface area contributed by atoms with Crippen molar-refractivity contribution in [3.8, 4) is 5.75 Å². The third-order valence-electron chi connectivity index (χ3n) is 3.12. The summed E-state index contributed by atoms with van der Waals surface area (Å²) < 4.78 is 0. The number of phenolic OH excluding ortho intramolecular Hbond substituents is 1. The predicted molar refractivity (Wildman–Crippen MR) is 61.5 cm³/mol. The first-order chi connectivity index (χ1) is 6.92. The molecule has 0 heterocycles. The minimum Gasteiger partial charge on any atom is -0.507 e. The van der Waals surface area contributed by atoms with Crippen molar-refractivity contribution < 1.29 is 9.90 Å². The Morgan fingerprint density at radius 1 is 1.40 bits per heavy atom. The maximum absolute atomic E-state index is 10.8. The van der Waals surface area contributed by atoms with Gasteiger partial charge in [0.2, 0.25) is 0 Å². The van der Waals surface area contributed by atoms with E-state index in [1.165, 1.54) is 0 Å². The molecule has 0 spiro atoms. The van der Waals surface area contributed by atoms with Crippen molar-refractivity contribution in [2.45, 2.75) is 39.5 Å². The van der Waals surface area contributed by atoms with Gasteiger partial charge >= 0.3 is 0 Å². The van der Waals surface area contributed by atoms with Crippen LogP contribution in [-0.4, -0.2) is 11.4 Å². The number of aryl methyl sites for hydroxylation is 1. The zero-order valence-electron chi connectivity index (χ0n) is 9.79. The van der Waals surface area contributed by atoms with E-state index in [-0.39, 0.29) is 11.2 Å². The van der Waals surface area contributed by atoms with Gasteiger partial charge in [-0.1, -0.05) is 26.8 Å². The third kappa shape index (κ3) is 2.20. The molecule has 0 aliphatic heterocycles. The largest absolute Gasteiger partial charge is 0.507 e. The van der Waals surface area contributed by atoms with Crippen LogP contribution in [0, 0.1) is 6.92 Å². The average molecular weight is 206 g/mol. The molecular formula is C13H18O2. The maximum atomic E-state index is 10.8. The Hall–Kier alpha value is -1.31. The first kappa shape index (κ1) is 11.8. The van der Waals surface area contributed by atoms with Crippen LogP contribution in [0.2, 0.25) is 0 Å². The van der Waals surface area contributed by atoms with Gasteiger partial charge < -0.3 is 5.11 Å². The van der Waals surface area contributed by atoms with Crippen LogP contribution in [-0.2, 0) is 5.41 Å². The van der Waals surface area contributed by atoms with Gasteiger partial charge in [0, 0.05) is 0 Å². The van der Waals surface area contributed by atoms with Gasteiger partial charge in [-0.3, -0.25) is 4.79 Å². The van der Waals surface area contributed by atoms with Gasteiger partial charge in [-0.2, -0.15) is 0 Å². The number of carbonyl (C=O) groups excluding carboxylic acids is 1. The highest BCUT2D eigenvalue weighted by atomic mass is 16.3. The van der Waals surface area contributed by atoms with Gasteiger partial charge in [0.1, 0.15) is 5.75 Å². The van der Waals surface area contributed by atoms with E-state index in [9.17, 15) is 9.90 Å². The molecule has 0 radical (unpaired) electrons. The molecule has 0 aromatic heterocycles. The fourth-order valence-electron chi connectivity index (χ4n) is 1.49. The van der Waals surface area contributed by atoms with Crippen LogP contribution in [0.4, 0.5) is 0 Å². The van der Waals surface area contributed by atoms with E-state index < -0.39 is 0 Å². The Balaban J connectivity index is 3.34. The molecule has 82 valence electrons. The van der Waals surface area contributed by atoms with E-state index in [0.717, 1.165) is 17.5 Å². The van der Waals surface area contributed by atoms with Crippen molar-refractivity contribution in [1.29, 1.82) is 0 Å². The van der Waals surface area contributed by atoms with E-state index in [1.54, 1.807) is 6.07 Å². The van der Waals surface area contributed by atoms with Gasteiger partial charge in [0.15, 0.2) is 6.29 Å². The molecule has 1 rings (SSSR count). The highest BCUT2D eigenvalue weighted by molar-refractivity contribution is 5.80. The van der Waals surface area contributed by atoms with Crippen molar-refractivity contribution in [3.05, 3.63) is 28.8 Å². The SMILES string of the molecule is CCC(C)(C)c1cc(C)c(O)c(C=O)c1. The van der Waals surface area contributed by atoms with E-state index in [4.69, 9.17) is 0 Å². The third-order valence-corrected chi connectivity index (χ3v) is 3.12. The fraction of sp³-hybridized carbons (Fsp3) is 0.462. The lowest BCUT2D eigenvalue weighted by Gasteiger charge is -2.24. The zero-order chi connectivity index (χ0) is 11.6. The van der Waals surface area contributed by atoms with Gasteiger partial charge in [-0.05, 0) is 36.0 Å². The van der Waals surface area contributed by atoms with Crippen LogP contribution >= 0.6 is 0 Å². The molecule has 2 nitrogen and oxygen atoms in total. The zero-order valence-corrected chi connectivity index (χ0v) is 9.79. The number of phenols is 1. The number of aromatic hydroxyl groups is 1. The number of rotatable bonds is 3. The molecule has 2 heteroatoms. The van der Waals surface area contributed by atoms with Gasteiger partial charge in [0.25, 0.3) is 0 Å². The highest BCUT2D eigenvalue weighted by Crippen LogP contribution is 2.31. The molecule has 0 fully saturated rings. The molecule has 0 aliphatic rings. The molecule has 15 heavy (non-hydrogen) atoms. The molecule has 0 bridgehead atoms. The topological polar surface area (TPSA) is 37.3 Å². The Labute approximate surface area is 90.9 Å². The predicted octanol–water partition coefficient (Wildman–Crippen LogP) is 3.20. The first-order valence-corrected chi connectivity index (χ1v) is 5.21. The smallest absolute Gasteiger partial charge is 0.153 e.